The third kappa shape index (κ3) is 3.45. The lowest BCUT2D eigenvalue weighted by Gasteiger charge is -2.29. The molecule has 0 bridgehead atoms. The predicted molar refractivity (Wildman–Crippen MR) is 101 cm³/mol. The Labute approximate surface area is 160 Å². The summed E-state index contributed by atoms with van der Waals surface area (Å²) in [5.41, 5.74) is 1.15. The fourth-order valence-corrected chi connectivity index (χ4v) is 4.98. The Kier molecular flexibility index (Phi) is 4.89. The summed E-state index contributed by atoms with van der Waals surface area (Å²) >= 11 is 0. The minimum atomic E-state index is 0.0478. The summed E-state index contributed by atoms with van der Waals surface area (Å²) in [5.74, 6) is 1.02. The lowest BCUT2D eigenvalue weighted by molar-refractivity contribution is -0.132. The topological polar surface area (TPSA) is 60.9 Å². The first-order valence-electron chi connectivity index (χ1n) is 9.92. The maximum absolute atomic E-state index is 12.7. The number of hydrogen-bond donors (Lipinski definition) is 0. The molecule has 0 radical (unpaired) electrons. The third-order valence-corrected chi connectivity index (χ3v) is 6.33. The highest BCUT2D eigenvalue weighted by atomic mass is 16.2. The lowest BCUT2D eigenvalue weighted by atomic mass is 9.89. The Morgan fingerprint density at radius 3 is 2.56 bits per heavy atom. The molecule has 6 heteroatoms. The molecular weight excluding hydrogens is 342 g/mol. The summed E-state index contributed by atoms with van der Waals surface area (Å²) in [7, 11) is 0. The zero-order valence-electron chi connectivity index (χ0n) is 15.8. The van der Waals surface area contributed by atoms with Crippen LogP contribution in [0, 0.1) is 11.8 Å². The van der Waals surface area contributed by atoms with Gasteiger partial charge in [-0.2, -0.15) is 0 Å². The molecule has 0 spiro atoms. The fourth-order valence-electron chi connectivity index (χ4n) is 4.98. The van der Waals surface area contributed by atoms with Crippen molar-refractivity contribution in [2.75, 3.05) is 32.7 Å². The Hall–Kier alpha value is -2.37. The van der Waals surface area contributed by atoms with Crippen LogP contribution in [0.4, 0.5) is 0 Å². The molecule has 6 nitrogen and oxygen atoms in total. The maximum Gasteiger partial charge on any atom is 0.224 e. The molecule has 3 fully saturated rings. The average Bonchev–Trinajstić information content (AvgIpc) is 3.34. The lowest BCUT2D eigenvalue weighted by Crippen LogP contribution is -2.38. The summed E-state index contributed by atoms with van der Waals surface area (Å²) in [6.07, 6.45) is 1.92. The second-order valence-electron chi connectivity index (χ2n) is 7.98. The van der Waals surface area contributed by atoms with Gasteiger partial charge in [-0.05, 0) is 12.0 Å². The van der Waals surface area contributed by atoms with Crippen LogP contribution in [0.5, 0.6) is 0 Å². The van der Waals surface area contributed by atoms with Gasteiger partial charge < -0.3 is 14.7 Å². The number of rotatable bonds is 4. The predicted octanol–water partition coefficient (Wildman–Crippen LogP) is 1.68. The van der Waals surface area contributed by atoms with Crippen molar-refractivity contribution in [3.8, 4) is 0 Å². The summed E-state index contributed by atoms with van der Waals surface area (Å²) in [6.45, 7) is 5.07. The Morgan fingerprint density at radius 2 is 1.89 bits per heavy atom. The van der Waals surface area contributed by atoms with Gasteiger partial charge >= 0.3 is 0 Å². The van der Waals surface area contributed by atoms with Gasteiger partial charge in [-0.15, -0.1) is 0 Å². The number of benzene rings is 1. The highest BCUT2D eigenvalue weighted by molar-refractivity contribution is 5.80. The number of amides is 3. The van der Waals surface area contributed by atoms with Gasteiger partial charge in [0.15, 0.2) is 0 Å². The van der Waals surface area contributed by atoms with E-state index in [1.165, 1.54) is 0 Å². The van der Waals surface area contributed by atoms with E-state index in [9.17, 15) is 14.4 Å². The number of fused-ring (bicyclic) bond motifs is 1. The minimum absolute atomic E-state index is 0.0478. The van der Waals surface area contributed by atoms with Gasteiger partial charge in [0, 0.05) is 64.3 Å². The van der Waals surface area contributed by atoms with Crippen molar-refractivity contribution < 1.29 is 14.4 Å². The van der Waals surface area contributed by atoms with Crippen molar-refractivity contribution in [1.29, 1.82) is 0 Å². The van der Waals surface area contributed by atoms with Gasteiger partial charge in [-0.3, -0.25) is 14.4 Å². The Balaban J connectivity index is 1.42. The van der Waals surface area contributed by atoms with Gasteiger partial charge in [-0.1, -0.05) is 30.3 Å². The van der Waals surface area contributed by atoms with Gasteiger partial charge in [-0.25, -0.2) is 0 Å². The van der Waals surface area contributed by atoms with E-state index in [4.69, 9.17) is 0 Å². The van der Waals surface area contributed by atoms with Gasteiger partial charge in [0.2, 0.25) is 17.7 Å². The quantitative estimate of drug-likeness (QED) is 0.811. The summed E-state index contributed by atoms with van der Waals surface area (Å²) < 4.78 is 0. The molecule has 0 aliphatic carbocycles. The molecule has 3 atom stereocenters. The van der Waals surface area contributed by atoms with Crippen LogP contribution >= 0.6 is 0 Å². The first kappa shape index (κ1) is 18.0. The summed E-state index contributed by atoms with van der Waals surface area (Å²) in [6, 6.07) is 10.2. The Morgan fingerprint density at radius 1 is 1.11 bits per heavy atom. The molecule has 3 aliphatic rings. The SMILES string of the molecule is CC(=O)N1C[C@H]2CN(C(=O)CCN3CCCC3=O)C[C@H]2[C@@H]1c1ccccc1. The van der Waals surface area contributed by atoms with Crippen LogP contribution in [0.3, 0.4) is 0 Å². The zero-order valence-corrected chi connectivity index (χ0v) is 15.8. The molecule has 0 aromatic heterocycles. The highest BCUT2D eigenvalue weighted by Gasteiger charge is 2.49. The molecule has 0 saturated carbocycles. The van der Waals surface area contributed by atoms with Crippen LogP contribution in [-0.4, -0.2) is 65.1 Å². The molecule has 27 heavy (non-hydrogen) atoms. The number of carbonyl (C=O) groups excluding carboxylic acids is 3. The van der Waals surface area contributed by atoms with Crippen molar-refractivity contribution in [1.82, 2.24) is 14.7 Å². The average molecular weight is 369 g/mol. The van der Waals surface area contributed by atoms with E-state index in [1.54, 1.807) is 11.8 Å². The molecular formula is C21H27N3O3. The molecule has 3 heterocycles. The smallest absolute Gasteiger partial charge is 0.224 e. The second kappa shape index (κ2) is 7.33. The van der Waals surface area contributed by atoms with E-state index in [-0.39, 0.29) is 29.7 Å². The molecule has 144 valence electrons. The molecule has 3 amide bonds. The molecule has 3 saturated heterocycles. The second-order valence-corrected chi connectivity index (χ2v) is 7.98. The van der Waals surface area contributed by atoms with Crippen LogP contribution in [0.1, 0.15) is 37.8 Å². The van der Waals surface area contributed by atoms with Crippen LogP contribution in [0.2, 0.25) is 0 Å². The largest absolute Gasteiger partial charge is 0.342 e. The van der Waals surface area contributed by atoms with Crippen molar-refractivity contribution in [2.45, 2.75) is 32.2 Å². The van der Waals surface area contributed by atoms with E-state index in [1.807, 2.05) is 28.0 Å². The van der Waals surface area contributed by atoms with Crippen LogP contribution in [-0.2, 0) is 14.4 Å². The molecule has 0 N–H and O–H groups in total. The number of likely N-dealkylation sites (tertiary alicyclic amines) is 3. The van der Waals surface area contributed by atoms with Crippen LogP contribution < -0.4 is 0 Å². The first-order chi connectivity index (χ1) is 13.0. The maximum atomic E-state index is 12.7. The van der Waals surface area contributed by atoms with Gasteiger partial charge in [0.1, 0.15) is 0 Å². The zero-order chi connectivity index (χ0) is 19.0. The van der Waals surface area contributed by atoms with Crippen molar-refractivity contribution in [2.24, 2.45) is 11.8 Å². The van der Waals surface area contributed by atoms with E-state index >= 15 is 0 Å². The molecule has 4 rings (SSSR count). The summed E-state index contributed by atoms with van der Waals surface area (Å²) in [5, 5.41) is 0. The highest BCUT2D eigenvalue weighted by Crippen LogP contribution is 2.45. The molecule has 1 aromatic rings. The fraction of sp³-hybridized carbons (Fsp3) is 0.571. The number of hydrogen-bond acceptors (Lipinski definition) is 3. The third-order valence-electron chi connectivity index (χ3n) is 6.33. The minimum Gasteiger partial charge on any atom is -0.342 e. The van der Waals surface area contributed by atoms with E-state index < -0.39 is 0 Å². The monoisotopic (exact) mass is 369 g/mol. The first-order valence-corrected chi connectivity index (χ1v) is 9.92. The molecule has 0 unspecified atom stereocenters. The van der Waals surface area contributed by atoms with E-state index in [0.29, 0.717) is 44.9 Å². The van der Waals surface area contributed by atoms with Crippen molar-refractivity contribution in [3.63, 3.8) is 0 Å². The number of nitrogens with zero attached hydrogens (tertiary/aromatic N) is 3. The molecule has 1 aromatic carbocycles. The van der Waals surface area contributed by atoms with Crippen molar-refractivity contribution >= 4 is 17.7 Å². The summed E-state index contributed by atoms with van der Waals surface area (Å²) in [4.78, 5) is 42.3. The Bertz CT molecular complexity index is 735. The van der Waals surface area contributed by atoms with E-state index in [2.05, 4.69) is 12.1 Å². The van der Waals surface area contributed by atoms with E-state index in [0.717, 1.165) is 18.5 Å². The molecule has 3 aliphatic heterocycles. The van der Waals surface area contributed by atoms with Gasteiger partial charge in [0.05, 0.1) is 6.04 Å². The van der Waals surface area contributed by atoms with Crippen molar-refractivity contribution in [3.05, 3.63) is 35.9 Å². The standard InChI is InChI=1S/C21H27N3O3/c1-15(25)24-13-17-12-23(20(27)9-11-22-10-5-8-19(22)26)14-18(17)21(24)16-6-3-2-4-7-16/h2-4,6-7,17-18,21H,5,8-14H2,1H3/t17-,18-,21+/m1/s1. The van der Waals surface area contributed by atoms with Crippen LogP contribution in [0.15, 0.2) is 30.3 Å². The van der Waals surface area contributed by atoms with Gasteiger partial charge in [0.25, 0.3) is 0 Å². The van der Waals surface area contributed by atoms with Crippen LogP contribution in [0.25, 0.3) is 0 Å². The number of carbonyl (C=O) groups is 3. The normalized spacial score (nSPS) is 27.4.